The van der Waals surface area contributed by atoms with E-state index in [-0.39, 0.29) is 17.8 Å². The third kappa shape index (κ3) is 3.96. The normalized spacial score (nSPS) is 23.1. The summed E-state index contributed by atoms with van der Waals surface area (Å²) in [6.07, 6.45) is 6.50. The summed E-state index contributed by atoms with van der Waals surface area (Å²) < 4.78 is 13.4. The largest absolute Gasteiger partial charge is 0.349 e. The molecule has 0 aromatic heterocycles. The molecule has 1 fully saturated rings. The van der Waals surface area contributed by atoms with E-state index in [0.717, 1.165) is 30.9 Å². The maximum Gasteiger partial charge on any atom is 0.251 e. The predicted octanol–water partition coefficient (Wildman–Crippen LogP) is 3.99. The van der Waals surface area contributed by atoms with Crippen LogP contribution in [0.5, 0.6) is 0 Å². The fourth-order valence-corrected chi connectivity index (χ4v) is 3.47. The summed E-state index contributed by atoms with van der Waals surface area (Å²) in [5, 5.41) is 3.76. The fourth-order valence-electron chi connectivity index (χ4n) is 2.35. The average Bonchev–Trinajstić information content (AvgIpc) is 2.42. The van der Waals surface area contributed by atoms with Crippen LogP contribution >= 0.6 is 27.7 Å². The van der Waals surface area contributed by atoms with Crippen LogP contribution in [0.2, 0.25) is 0 Å². The molecule has 1 saturated carbocycles. The Balaban J connectivity index is 1.92. The average molecular weight is 346 g/mol. The van der Waals surface area contributed by atoms with Crippen LogP contribution in [-0.4, -0.2) is 23.5 Å². The highest BCUT2D eigenvalue weighted by Gasteiger charge is 2.22. The molecular formula is C14H17BrFNOS. The Morgan fingerprint density at radius 3 is 2.63 bits per heavy atom. The lowest BCUT2D eigenvalue weighted by atomic mass is 9.94. The van der Waals surface area contributed by atoms with Gasteiger partial charge in [0, 0.05) is 16.9 Å². The lowest BCUT2D eigenvalue weighted by Gasteiger charge is -2.28. The van der Waals surface area contributed by atoms with Gasteiger partial charge in [-0.1, -0.05) is 0 Å². The molecule has 1 aliphatic rings. The van der Waals surface area contributed by atoms with E-state index in [4.69, 9.17) is 0 Å². The summed E-state index contributed by atoms with van der Waals surface area (Å²) in [5.41, 5.74) is 0.500. The van der Waals surface area contributed by atoms with Crippen LogP contribution in [0.4, 0.5) is 4.39 Å². The van der Waals surface area contributed by atoms with Crippen molar-refractivity contribution in [2.24, 2.45) is 0 Å². The summed E-state index contributed by atoms with van der Waals surface area (Å²) in [4.78, 5) is 12.1. The molecule has 2 rings (SSSR count). The van der Waals surface area contributed by atoms with Gasteiger partial charge in [-0.25, -0.2) is 4.39 Å². The van der Waals surface area contributed by atoms with E-state index in [1.807, 2.05) is 11.8 Å². The SMILES string of the molecule is CSC1CCC(NC(=O)c2ccc(F)c(Br)c2)CC1. The summed E-state index contributed by atoms with van der Waals surface area (Å²) >= 11 is 5.01. The minimum atomic E-state index is -0.350. The van der Waals surface area contributed by atoms with E-state index in [1.165, 1.54) is 18.2 Å². The molecule has 1 aliphatic carbocycles. The van der Waals surface area contributed by atoms with Gasteiger partial charge in [0.25, 0.3) is 5.91 Å². The zero-order valence-electron chi connectivity index (χ0n) is 10.8. The molecule has 5 heteroatoms. The Morgan fingerprint density at radius 1 is 1.37 bits per heavy atom. The molecule has 1 aromatic rings. The molecule has 0 spiro atoms. The third-order valence-electron chi connectivity index (χ3n) is 3.52. The van der Waals surface area contributed by atoms with Crippen molar-refractivity contribution in [1.29, 1.82) is 0 Å². The maximum absolute atomic E-state index is 13.1. The quantitative estimate of drug-likeness (QED) is 0.897. The lowest BCUT2D eigenvalue weighted by molar-refractivity contribution is 0.0928. The van der Waals surface area contributed by atoms with Crippen molar-refractivity contribution in [3.63, 3.8) is 0 Å². The molecule has 0 atom stereocenters. The molecule has 104 valence electrons. The van der Waals surface area contributed by atoms with Crippen molar-refractivity contribution >= 4 is 33.6 Å². The first-order valence-electron chi connectivity index (χ1n) is 6.39. The third-order valence-corrected chi connectivity index (χ3v) is 5.27. The van der Waals surface area contributed by atoms with E-state index < -0.39 is 0 Å². The van der Waals surface area contributed by atoms with Crippen LogP contribution < -0.4 is 5.32 Å². The first-order chi connectivity index (χ1) is 9.10. The summed E-state index contributed by atoms with van der Waals surface area (Å²) in [6.45, 7) is 0. The van der Waals surface area contributed by atoms with Crippen molar-refractivity contribution in [1.82, 2.24) is 5.32 Å². The van der Waals surface area contributed by atoms with Gasteiger partial charge in [-0.3, -0.25) is 4.79 Å². The lowest BCUT2D eigenvalue weighted by Crippen LogP contribution is -2.38. The smallest absolute Gasteiger partial charge is 0.251 e. The Bertz CT molecular complexity index is 461. The molecule has 1 N–H and O–H groups in total. The number of rotatable bonds is 3. The molecule has 0 radical (unpaired) electrons. The predicted molar refractivity (Wildman–Crippen MR) is 81.1 cm³/mol. The standard InChI is InChI=1S/C14H17BrFNOS/c1-19-11-5-3-10(4-6-11)17-14(18)9-2-7-13(16)12(15)8-9/h2,7-8,10-11H,3-6H2,1H3,(H,17,18). The molecule has 19 heavy (non-hydrogen) atoms. The maximum atomic E-state index is 13.1. The number of benzene rings is 1. The number of halogens is 2. The second kappa shape index (κ2) is 6.75. The number of thioether (sulfide) groups is 1. The first kappa shape index (κ1) is 14.9. The van der Waals surface area contributed by atoms with Gasteiger partial charge in [-0.2, -0.15) is 11.8 Å². The van der Waals surface area contributed by atoms with E-state index in [2.05, 4.69) is 27.5 Å². The Labute approximate surface area is 125 Å². The van der Waals surface area contributed by atoms with Crippen molar-refractivity contribution in [2.45, 2.75) is 37.0 Å². The molecule has 0 aliphatic heterocycles. The van der Waals surface area contributed by atoms with E-state index in [9.17, 15) is 9.18 Å². The van der Waals surface area contributed by atoms with Crippen LogP contribution in [0, 0.1) is 5.82 Å². The van der Waals surface area contributed by atoms with Gasteiger partial charge >= 0.3 is 0 Å². The van der Waals surface area contributed by atoms with Gasteiger partial charge in [-0.05, 0) is 66.1 Å². The highest BCUT2D eigenvalue weighted by molar-refractivity contribution is 9.10. The van der Waals surface area contributed by atoms with Gasteiger partial charge < -0.3 is 5.32 Å². The topological polar surface area (TPSA) is 29.1 Å². The van der Waals surface area contributed by atoms with Crippen molar-refractivity contribution in [2.75, 3.05) is 6.26 Å². The number of amides is 1. The minimum absolute atomic E-state index is 0.117. The van der Waals surface area contributed by atoms with Gasteiger partial charge in [0.05, 0.1) is 4.47 Å². The first-order valence-corrected chi connectivity index (χ1v) is 8.47. The molecule has 0 unspecified atom stereocenters. The molecule has 1 amide bonds. The molecule has 0 saturated heterocycles. The van der Waals surface area contributed by atoms with Crippen LogP contribution in [-0.2, 0) is 0 Å². The minimum Gasteiger partial charge on any atom is -0.349 e. The zero-order chi connectivity index (χ0) is 13.8. The number of hydrogen-bond acceptors (Lipinski definition) is 2. The number of carbonyl (C=O) groups excluding carboxylic acids is 1. The molecule has 0 bridgehead atoms. The van der Waals surface area contributed by atoms with Crippen molar-refractivity contribution in [3.05, 3.63) is 34.1 Å². The van der Waals surface area contributed by atoms with Gasteiger partial charge in [0.1, 0.15) is 5.82 Å². The zero-order valence-corrected chi connectivity index (χ0v) is 13.2. The van der Waals surface area contributed by atoms with Gasteiger partial charge in [-0.15, -0.1) is 0 Å². The van der Waals surface area contributed by atoms with E-state index >= 15 is 0 Å². The van der Waals surface area contributed by atoms with Gasteiger partial charge in [0.15, 0.2) is 0 Å². The summed E-state index contributed by atoms with van der Waals surface area (Å²) in [7, 11) is 0. The Kier molecular flexibility index (Phi) is 5.28. The number of carbonyl (C=O) groups is 1. The van der Waals surface area contributed by atoms with E-state index in [1.54, 1.807) is 0 Å². The molecule has 2 nitrogen and oxygen atoms in total. The van der Waals surface area contributed by atoms with Gasteiger partial charge in [0.2, 0.25) is 0 Å². The number of nitrogens with one attached hydrogen (secondary N) is 1. The number of hydrogen-bond donors (Lipinski definition) is 1. The monoisotopic (exact) mass is 345 g/mol. The highest BCUT2D eigenvalue weighted by Crippen LogP contribution is 2.27. The van der Waals surface area contributed by atoms with Crippen LogP contribution in [0.15, 0.2) is 22.7 Å². The van der Waals surface area contributed by atoms with Crippen molar-refractivity contribution < 1.29 is 9.18 Å². The Hall–Kier alpha value is -0.550. The second-order valence-corrected chi connectivity index (χ2v) is 6.80. The second-order valence-electron chi connectivity index (χ2n) is 4.81. The molecule has 1 aromatic carbocycles. The highest BCUT2D eigenvalue weighted by atomic mass is 79.9. The molecule has 0 heterocycles. The Morgan fingerprint density at radius 2 is 2.05 bits per heavy atom. The van der Waals surface area contributed by atoms with Crippen LogP contribution in [0.3, 0.4) is 0 Å². The summed E-state index contributed by atoms with van der Waals surface area (Å²) in [6, 6.07) is 4.60. The molecular weight excluding hydrogens is 329 g/mol. The fraction of sp³-hybridized carbons (Fsp3) is 0.500. The van der Waals surface area contributed by atoms with Crippen molar-refractivity contribution in [3.8, 4) is 0 Å². The summed E-state index contributed by atoms with van der Waals surface area (Å²) in [5.74, 6) is -0.467. The van der Waals surface area contributed by atoms with E-state index in [0.29, 0.717) is 10.0 Å². The van der Waals surface area contributed by atoms with Crippen LogP contribution in [0.25, 0.3) is 0 Å². The van der Waals surface area contributed by atoms with Crippen LogP contribution in [0.1, 0.15) is 36.0 Å².